The van der Waals surface area contributed by atoms with Crippen molar-refractivity contribution in [3.8, 4) is 0 Å². The Bertz CT molecular complexity index is 421. The lowest BCUT2D eigenvalue weighted by Gasteiger charge is -2.28. The molecule has 0 aromatic rings. The standard InChI is InChI=1S/C15H25N3O4/c1-2-13(7-14(20)21)18-15(22)17-9-12-5-3-4-11(6-12)8-16-10-19/h11-13H,2-9H2,1H3,(H,20,21)(H2,17,18,22). The first-order valence-electron chi connectivity index (χ1n) is 7.84. The second kappa shape index (κ2) is 9.95. The van der Waals surface area contributed by atoms with Gasteiger partial charge in [0.2, 0.25) is 6.08 Å². The minimum absolute atomic E-state index is 0.0703. The number of isocyanates is 1. The minimum atomic E-state index is -0.919. The van der Waals surface area contributed by atoms with E-state index in [1.54, 1.807) is 6.08 Å². The van der Waals surface area contributed by atoms with Crippen LogP contribution in [0.4, 0.5) is 4.79 Å². The molecule has 1 fully saturated rings. The van der Waals surface area contributed by atoms with E-state index in [0.717, 1.165) is 25.7 Å². The van der Waals surface area contributed by atoms with Crippen LogP contribution in [0.3, 0.4) is 0 Å². The van der Waals surface area contributed by atoms with Crippen LogP contribution in [0.1, 0.15) is 45.4 Å². The number of aliphatic carboxylic acids is 1. The molecular formula is C15H25N3O4. The van der Waals surface area contributed by atoms with Crippen molar-refractivity contribution in [2.24, 2.45) is 16.8 Å². The number of carbonyl (C=O) groups is 2. The highest BCUT2D eigenvalue weighted by Crippen LogP contribution is 2.28. The zero-order valence-corrected chi connectivity index (χ0v) is 13.0. The van der Waals surface area contributed by atoms with Gasteiger partial charge in [0.25, 0.3) is 0 Å². The second-order valence-electron chi connectivity index (χ2n) is 5.89. The summed E-state index contributed by atoms with van der Waals surface area (Å²) in [5, 5.41) is 14.3. The average molecular weight is 311 g/mol. The van der Waals surface area contributed by atoms with Crippen LogP contribution in [-0.4, -0.2) is 42.3 Å². The summed E-state index contributed by atoms with van der Waals surface area (Å²) in [7, 11) is 0. The molecule has 1 saturated carbocycles. The Morgan fingerprint density at radius 3 is 2.73 bits per heavy atom. The Morgan fingerprint density at radius 1 is 1.36 bits per heavy atom. The maximum Gasteiger partial charge on any atom is 0.315 e. The van der Waals surface area contributed by atoms with Crippen molar-refractivity contribution >= 4 is 18.1 Å². The molecule has 2 amide bonds. The van der Waals surface area contributed by atoms with Crippen LogP contribution < -0.4 is 10.6 Å². The number of nitrogens with zero attached hydrogens (tertiary/aromatic N) is 1. The normalized spacial score (nSPS) is 22.2. The summed E-state index contributed by atoms with van der Waals surface area (Å²) in [4.78, 5) is 36.3. The van der Waals surface area contributed by atoms with E-state index in [9.17, 15) is 14.4 Å². The van der Waals surface area contributed by atoms with Crippen molar-refractivity contribution in [2.45, 2.75) is 51.5 Å². The quantitative estimate of drug-likeness (QED) is 0.468. The van der Waals surface area contributed by atoms with Crippen LogP contribution in [0, 0.1) is 11.8 Å². The molecule has 7 heteroatoms. The molecule has 3 unspecified atom stereocenters. The number of urea groups is 1. The SMILES string of the molecule is CCC(CC(=O)O)NC(=O)NCC1CCCC(CN=C=O)C1. The Balaban J connectivity index is 2.30. The number of nitrogens with one attached hydrogen (secondary N) is 2. The lowest BCUT2D eigenvalue weighted by Crippen LogP contribution is -2.44. The van der Waals surface area contributed by atoms with Gasteiger partial charge < -0.3 is 15.7 Å². The molecule has 124 valence electrons. The van der Waals surface area contributed by atoms with Gasteiger partial charge in [-0.05, 0) is 37.5 Å². The molecule has 0 aromatic heterocycles. The van der Waals surface area contributed by atoms with Crippen LogP contribution in [0.25, 0.3) is 0 Å². The Labute approximate surface area is 130 Å². The average Bonchev–Trinajstić information content (AvgIpc) is 2.50. The Hall–Kier alpha value is -1.88. The summed E-state index contributed by atoms with van der Waals surface area (Å²) in [5.74, 6) is -0.149. The van der Waals surface area contributed by atoms with Gasteiger partial charge in [0.1, 0.15) is 0 Å². The molecule has 3 N–H and O–H groups in total. The molecule has 1 aliphatic rings. The molecule has 0 radical (unpaired) electrons. The molecule has 0 saturated heterocycles. The fourth-order valence-corrected chi connectivity index (χ4v) is 2.90. The monoisotopic (exact) mass is 311 g/mol. The number of rotatable bonds is 8. The smallest absolute Gasteiger partial charge is 0.315 e. The summed E-state index contributed by atoms with van der Waals surface area (Å²) in [5.41, 5.74) is 0. The van der Waals surface area contributed by atoms with Crippen LogP contribution in [0.5, 0.6) is 0 Å². The largest absolute Gasteiger partial charge is 0.481 e. The maximum atomic E-state index is 11.8. The van der Waals surface area contributed by atoms with Gasteiger partial charge in [-0.25, -0.2) is 14.6 Å². The van der Waals surface area contributed by atoms with E-state index in [-0.39, 0.29) is 18.5 Å². The highest BCUT2D eigenvalue weighted by Gasteiger charge is 2.22. The van der Waals surface area contributed by atoms with Gasteiger partial charge >= 0.3 is 12.0 Å². The zero-order valence-electron chi connectivity index (χ0n) is 13.0. The molecule has 0 aromatic carbocycles. The van der Waals surface area contributed by atoms with Gasteiger partial charge in [0.15, 0.2) is 0 Å². The molecule has 0 spiro atoms. The van der Waals surface area contributed by atoms with Gasteiger partial charge in [-0.3, -0.25) is 4.79 Å². The summed E-state index contributed by atoms with van der Waals surface area (Å²) >= 11 is 0. The number of hydrogen-bond acceptors (Lipinski definition) is 4. The Kier molecular flexibility index (Phi) is 8.22. The van der Waals surface area contributed by atoms with Gasteiger partial charge in [-0.2, -0.15) is 0 Å². The fourth-order valence-electron chi connectivity index (χ4n) is 2.90. The number of hydrogen-bond donors (Lipinski definition) is 3. The molecule has 0 heterocycles. The van der Waals surface area contributed by atoms with Crippen molar-refractivity contribution < 1.29 is 19.5 Å². The van der Waals surface area contributed by atoms with Crippen molar-refractivity contribution in [3.63, 3.8) is 0 Å². The molecule has 22 heavy (non-hydrogen) atoms. The number of amides is 2. The first kappa shape index (κ1) is 18.2. The van der Waals surface area contributed by atoms with Crippen molar-refractivity contribution in [3.05, 3.63) is 0 Å². The van der Waals surface area contributed by atoms with Gasteiger partial charge in [-0.15, -0.1) is 0 Å². The van der Waals surface area contributed by atoms with Gasteiger partial charge in [0.05, 0.1) is 13.0 Å². The third kappa shape index (κ3) is 7.22. The molecule has 3 atom stereocenters. The molecule has 1 aliphatic carbocycles. The highest BCUT2D eigenvalue weighted by molar-refractivity contribution is 5.75. The fraction of sp³-hybridized carbons (Fsp3) is 0.800. The van der Waals surface area contributed by atoms with Gasteiger partial charge in [-0.1, -0.05) is 13.3 Å². The summed E-state index contributed by atoms with van der Waals surface area (Å²) in [6.07, 6.45) is 6.20. The molecule has 0 bridgehead atoms. The summed E-state index contributed by atoms with van der Waals surface area (Å²) in [6.45, 7) is 2.92. The highest BCUT2D eigenvalue weighted by atomic mass is 16.4. The number of carboxylic acid groups (broad SMARTS) is 1. The summed E-state index contributed by atoms with van der Waals surface area (Å²) in [6, 6.07) is -0.667. The number of carbonyl (C=O) groups excluding carboxylic acids is 2. The van der Waals surface area contributed by atoms with Crippen LogP contribution >= 0.6 is 0 Å². The maximum absolute atomic E-state index is 11.8. The molecule has 0 aliphatic heterocycles. The van der Waals surface area contributed by atoms with Crippen molar-refractivity contribution in [2.75, 3.05) is 13.1 Å². The van der Waals surface area contributed by atoms with E-state index < -0.39 is 5.97 Å². The third-order valence-electron chi connectivity index (χ3n) is 4.11. The van der Waals surface area contributed by atoms with E-state index in [1.165, 1.54) is 0 Å². The van der Waals surface area contributed by atoms with E-state index >= 15 is 0 Å². The number of aliphatic imine (C=N–C) groups is 1. The van der Waals surface area contributed by atoms with E-state index in [2.05, 4.69) is 15.6 Å². The lowest BCUT2D eigenvalue weighted by atomic mass is 9.81. The van der Waals surface area contributed by atoms with E-state index in [4.69, 9.17) is 5.11 Å². The van der Waals surface area contributed by atoms with E-state index in [1.807, 2.05) is 6.92 Å². The van der Waals surface area contributed by atoms with Crippen LogP contribution in [-0.2, 0) is 9.59 Å². The summed E-state index contributed by atoms with van der Waals surface area (Å²) < 4.78 is 0. The number of carboxylic acids is 1. The predicted octanol–water partition coefficient (Wildman–Crippen LogP) is 1.68. The minimum Gasteiger partial charge on any atom is -0.481 e. The van der Waals surface area contributed by atoms with Crippen molar-refractivity contribution in [1.82, 2.24) is 10.6 Å². The second-order valence-corrected chi connectivity index (χ2v) is 5.89. The van der Waals surface area contributed by atoms with E-state index in [0.29, 0.717) is 31.3 Å². The molecular weight excluding hydrogens is 286 g/mol. The first-order valence-corrected chi connectivity index (χ1v) is 7.84. The predicted molar refractivity (Wildman–Crippen MR) is 81.3 cm³/mol. The first-order chi connectivity index (χ1) is 10.5. The van der Waals surface area contributed by atoms with Crippen LogP contribution in [0.2, 0.25) is 0 Å². The molecule has 1 rings (SSSR count). The lowest BCUT2D eigenvalue weighted by molar-refractivity contribution is -0.137. The zero-order chi connectivity index (χ0) is 16.4. The van der Waals surface area contributed by atoms with Gasteiger partial charge in [0, 0.05) is 12.6 Å². The van der Waals surface area contributed by atoms with Crippen LogP contribution in [0.15, 0.2) is 4.99 Å². The molecule has 7 nitrogen and oxygen atoms in total. The Morgan fingerprint density at radius 2 is 2.09 bits per heavy atom. The topological polar surface area (TPSA) is 108 Å². The third-order valence-corrected chi connectivity index (χ3v) is 4.11. The van der Waals surface area contributed by atoms with Crippen molar-refractivity contribution in [1.29, 1.82) is 0 Å².